The first-order valence-electron chi connectivity index (χ1n) is 9.72. The summed E-state index contributed by atoms with van der Waals surface area (Å²) in [4.78, 5) is 15.4. The normalized spacial score (nSPS) is 14.1. The van der Waals surface area contributed by atoms with Crippen molar-refractivity contribution >= 4 is 28.1 Å². The van der Waals surface area contributed by atoms with Crippen molar-refractivity contribution < 1.29 is 4.74 Å². The van der Waals surface area contributed by atoms with Crippen LogP contribution in [0.25, 0.3) is 22.0 Å². The first-order chi connectivity index (χ1) is 14.4. The van der Waals surface area contributed by atoms with E-state index in [-0.39, 0.29) is 0 Å². The maximum atomic E-state index is 5.48. The van der Waals surface area contributed by atoms with Crippen LogP contribution >= 0.6 is 0 Å². The van der Waals surface area contributed by atoms with Crippen LogP contribution in [0.1, 0.15) is 0 Å². The van der Waals surface area contributed by atoms with Gasteiger partial charge in [0.2, 0.25) is 0 Å². The molecule has 6 heteroatoms. The highest BCUT2D eigenvalue weighted by atomic mass is 16.5. The zero-order chi connectivity index (χ0) is 19.5. The summed E-state index contributed by atoms with van der Waals surface area (Å²) < 4.78 is 5.48. The lowest BCUT2D eigenvalue weighted by Crippen LogP contribution is -2.36. The van der Waals surface area contributed by atoms with Crippen molar-refractivity contribution in [3.05, 3.63) is 73.3 Å². The summed E-state index contributed by atoms with van der Waals surface area (Å²) in [7, 11) is 0. The molecule has 5 rings (SSSR count). The van der Waals surface area contributed by atoms with E-state index in [0.717, 1.165) is 54.3 Å². The predicted octanol–water partition coefficient (Wildman–Crippen LogP) is 4.27. The zero-order valence-corrected chi connectivity index (χ0v) is 16.0. The largest absolute Gasteiger partial charge is 0.378 e. The van der Waals surface area contributed by atoms with Gasteiger partial charge in [-0.15, -0.1) is 0 Å². The van der Waals surface area contributed by atoms with Gasteiger partial charge in [-0.05, 0) is 47.5 Å². The zero-order valence-electron chi connectivity index (χ0n) is 16.0. The molecule has 1 saturated heterocycles. The first kappa shape index (κ1) is 17.6. The standard InChI is InChI=1S/C23H21N5O/c1-3-17(13-20(5-1)28-9-11-29-12-10-28)18-6-7-22-21(14-18)23(26-16-25-22)27-19-4-2-8-24-15-19/h1-8,13-16H,9-12H2,(H,25,26,27). The molecule has 1 aliphatic heterocycles. The predicted molar refractivity (Wildman–Crippen MR) is 116 cm³/mol. The number of anilines is 3. The van der Waals surface area contributed by atoms with E-state index >= 15 is 0 Å². The van der Waals surface area contributed by atoms with E-state index in [0.29, 0.717) is 0 Å². The van der Waals surface area contributed by atoms with Gasteiger partial charge in [0.15, 0.2) is 0 Å². The number of rotatable bonds is 4. The molecule has 1 aliphatic rings. The van der Waals surface area contributed by atoms with Gasteiger partial charge in [0.25, 0.3) is 0 Å². The molecule has 0 aliphatic carbocycles. The summed E-state index contributed by atoms with van der Waals surface area (Å²) in [5.41, 5.74) is 5.33. The summed E-state index contributed by atoms with van der Waals surface area (Å²) >= 11 is 0. The van der Waals surface area contributed by atoms with E-state index in [9.17, 15) is 0 Å². The Labute approximate surface area is 169 Å². The van der Waals surface area contributed by atoms with Gasteiger partial charge < -0.3 is 15.0 Å². The van der Waals surface area contributed by atoms with Crippen molar-refractivity contribution in [3.63, 3.8) is 0 Å². The van der Waals surface area contributed by atoms with Crippen LogP contribution in [0.15, 0.2) is 73.3 Å². The third-order valence-corrected chi connectivity index (χ3v) is 5.12. The number of nitrogens with zero attached hydrogens (tertiary/aromatic N) is 4. The second-order valence-corrected chi connectivity index (χ2v) is 6.97. The molecule has 4 aromatic rings. The average molecular weight is 383 g/mol. The summed E-state index contributed by atoms with van der Waals surface area (Å²) in [5, 5.41) is 4.33. The van der Waals surface area contributed by atoms with E-state index in [1.807, 2.05) is 18.2 Å². The molecule has 144 valence electrons. The summed E-state index contributed by atoms with van der Waals surface area (Å²) in [6.07, 6.45) is 5.12. The van der Waals surface area contributed by atoms with Crippen molar-refractivity contribution in [2.45, 2.75) is 0 Å². The lowest BCUT2D eigenvalue weighted by atomic mass is 10.0. The maximum Gasteiger partial charge on any atom is 0.141 e. The van der Waals surface area contributed by atoms with Crippen LogP contribution in [0.5, 0.6) is 0 Å². The van der Waals surface area contributed by atoms with Gasteiger partial charge in [-0.3, -0.25) is 4.98 Å². The molecule has 0 atom stereocenters. The molecule has 0 radical (unpaired) electrons. The highest BCUT2D eigenvalue weighted by Gasteiger charge is 2.12. The van der Waals surface area contributed by atoms with E-state index in [1.165, 1.54) is 11.3 Å². The maximum absolute atomic E-state index is 5.48. The minimum Gasteiger partial charge on any atom is -0.378 e. The third-order valence-electron chi connectivity index (χ3n) is 5.12. The van der Waals surface area contributed by atoms with Crippen molar-refractivity contribution in [2.75, 3.05) is 36.5 Å². The lowest BCUT2D eigenvalue weighted by Gasteiger charge is -2.29. The van der Waals surface area contributed by atoms with Crippen molar-refractivity contribution in [1.29, 1.82) is 0 Å². The quantitative estimate of drug-likeness (QED) is 0.568. The second kappa shape index (κ2) is 7.85. The molecule has 2 aromatic heterocycles. The summed E-state index contributed by atoms with van der Waals surface area (Å²) in [6, 6.07) is 18.8. The number of fused-ring (bicyclic) bond motifs is 1. The average Bonchev–Trinajstić information content (AvgIpc) is 2.80. The molecule has 29 heavy (non-hydrogen) atoms. The number of aromatic nitrogens is 3. The number of hydrogen-bond acceptors (Lipinski definition) is 6. The minimum atomic E-state index is 0.772. The van der Waals surface area contributed by atoms with Gasteiger partial charge in [-0.2, -0.15) is 0 Å². The fourth-order valence-electron chi connectivity index (χ4n) is 3.61. The van der Waals surface area contributed by atoms with Crippen LogP contribution in [0.3, 0.4) is 0 Å². The van der Waals surface area contributed by atoms with Crippen molar-refractivity contribution in [2.24, 2.45) is 0 Å². The van der Waals surface area contributed by atoms with Crippen LogP contribution in [0.2, 0.25) is 0 Å². The molecule has 0 amide bonds. The smallest absolute Gasteiger partial charge is 0.141 e. The number of ether oxygens (including phenoxy) is 1. The number of pyridine rings is 1. The van der Waals surface area contributed by atoms with Gasteiger partial charge in [0.1, 0.15) is 12.1 Å². The lowest BCUT2D eigenvalue weighted by molar-refractivity contribution is 0.122. The molecule has 2 aromatic carbocycles. The molecule has 0 spiro atoms. The highest BCUT2D eigenvalue weighted by Crippen LogP contribution is 2.30. The second-order valence-electron chi connectivity index (χ2n) is 6.97. The number of morpholine rings is 1. The van der Waals surface area contributed by atoms with E-state index in [4.69, 9.17) is 4.74 Å². The molecule has 0 bridgehead atoms. The molecule has 0 unspecified atom stereocenters. The number of nitrogens with one attached hydrogen (secondary N) is 1. The molecule has 1 N–H and O–H groups in total. The molecule has 0 saturated carbocycles. The molecule has 1 fully saturated rings. The van der Waals surface area contributed by atoms with Crippen LogP contribution in [-0.4, -0.2) is 41.3 Å². The van der Waals surface area contributed by atoms with Gasteiger partial charge >= 0.3 is 0 Å². The molecule has 3 heterocycles. The van der Waals surface area contributed by atoms with Gasteiger partial charge in [-0.25, -0.2) is 9.97 Å². The van der Waals surface area contributed by atoms with Crippen LogP contribution in [0.4, 0.5) is 17.2 Å². The number of hydrogen-bond donors (Lipinski definition) is 1. The Morgan fingerprint density at radius 1 is 0.897 bits per heavy atom. The fourth-order valence-corrected chi connectivity index (χ4v) is 3.61. The van der Waals surface area contributed by atoms with E-state index < -0.39 is 0 Å². The Hall–Kier alpha value is -3.51. The Morgan fingerprint density at radius 2 is 1.79 bits per heavy atom. The first-order valence-corrected chi connectivity index (χ1v) is 9.72. The van der Waals surface area contributed by atoms with Gasteiger partial charge in [-0.1, -0.05) is 18.2 Å². The van der Waals surface area contributed by atoms with Crippen LogP contribution in [-0.2, 0) is 4.74 Å². The monoisotopic (exact) mass is 383 g/mol. The molecular formula is C23H21N5O. The van der Waals surface area contributed by atoms with Gasteiger partial charge in [0.05, 0.1) is 30.6 Å². The molecular weight excluding hydrogens is 362 g/mol. The Bertz CT molecular complexity index is 1130. The van der Waals surface area contributed by atoms with E-state index in [2.05, 4.69) is 61.6 Å². The topological polar surface area (TPSA) is 63.2 Å². The summed E-state index contributed by atoms with van der Waals surface area (Å²) in [5.74, 6) is 0.772. The third kappa shape index (κ3) is 3.75. The SMILES string of the molecule is c1cncc(Nc2ncnc3ccc(-c4cccc(N5CCOCC5)c4)cc23)c1. The Morgan fingerprint density at radius 3 is 2.66 bits per heavy atom. The Balaban J connectivity index is 1.52. The van der Waals surface area contributed by atoms with Crippen LogP contribution in [0, 0.1) is 0 Å². The molecule has 6 nitrogen and oxygen atoms in total. The Kier molecular flexibility index (Phi) is 4.76. The van der Waals surface area contributed by atoms with Crippen molar-refractivity contribution in [3.8, 4) is 11.1 Å². The van der Waals surface area contributed by atoms with Gasteiger partial charge in [0, 0.05) is 30.4 Å². The number of benzene rings is 2. The fraction of sp³-hybridized carbons (Fsp3) is 0.174. The summed E-state index contributed by atoms with van der Waals surface area (Å²) in [6.45, 7) is 3.41. The van der Waals surface area contributed by atoms with Crippen molar-refractivity contribution in [1.82, 2.24) is 15.0 Å². The van der Waals surface area contributed by atoms with Crippen LogP contribution < -0.4 is 10.2 Å². The minimum absolute atomic E-state index is 0.772. The van der Waals surface area contributed by atoms with E-state index in [1.54, 1.807) is 18.7 Å². The highest BCUT2D eigenvalue weighted by molar-refractivity contribution is 5.94.